The Morgan fingerprint density at radius 1 is 1.13 bits per heavy atom. The van der Waals surface area contributed by atoms with Gasteiger partial charge in [0.2, 0.25) is 5.91 Å². The number of nitrogens with one attached hydrogen (secondary N) is 1. The highest BCUT2D eigenvalue weighted by Crippen LogP contribution is 2.40. The summed E-state index contributed by atoms with van der Waals surface area (Å²) in [5.74, 6) is -1.26. The van der Waals surface area contributed by atoms with Gasteiger partial charge in [0, 0.05) is 24.6 Å². The maximum atomic E-state index is 12.4. The number of Topliss-reactive ketones (excluding diaryl/α,β-unsaturated/α-hetero) is 1. The van der Waals surface area contributed by atoms with Crippen LogP contribution in [0.25, 0.3) is 0 Å². The molecule has 162 valence electrons. The predicted molar refractivity (Wildman–Crippen MR) is 112 cm³/mol. The van der Waals surface area contributed by atoms with Gasteiger partial charge in [0.15, 0.2) is 6.61 Å². The molecule has 7 heteroatoms. The van der Waals surface area contributed by atoms with Gasteiger partial charge in [-0.1, -0.05) is 31.5 Å². The first kappa shape index (κ1) is 22.0. The van der Waals surface area contributed by atoms with Crippen molar-refractivity contribution in [1.82, 2.24) is 4.90 Å². The summed E-state index contributed by atoms with van der Waals surface area (Å²) in [5, 5.41) is 2.82. The summed E-state index contributed by atoms with van der Waals surface area (Å²) >= 11 is 0. The summed E-state index contributed by atoms with van der Waals surface area (Å²) in [6, 6.07) is 7.52. The largest absolute Gasteiger partial charge is 0.455 e. The minimum Gasteiger partial charge on any atom is -0.455 e. The Labute approximate surface area is 177 Å². The first-order valence-corrected chi connectivity index (χ1v) is 10.7. The molecule has 2 aliphatic rings. The van der Waals surface area contributed by atoms with Gasteiger partial charge in [0.1, 0.15) is 5.78 Å². The molecule has 0 heterocycles. The predicted octanol–water partition coefficient (Wildman–Crippen LogP) is 2.58. The van der Waals surface area contributed by atoms with E-state index < -0.39 is 18.5 Å². The van der Waals surface area contributed by atoms with Gasteiger partial charge in [-0.2, -0.15) is 0 Å². The second-order valence-corrected chi connectivity index (χ2v) is 8.31. The van der Waals surface area contributed by atoms with Crippen molar-refractivity contribution in [1.29, 1.82) is 0 Å². The van der Waals surface area contributed by atoms with E-state index in [0.29, 0.717) is 12.8 Å². The van der Waals surface area contributed by atoms with Crippen LogP contribution < -0.4 is 5.32 Å². The van der Waals surface area contributed by atoms with Crippen molar-refractivity contribution < 1.29 is 23.9 Å². The molecule has 0 saturated heterocycles. The molecule has 2 saturated carbocycles. The van der Waals surface area contributed by atoms with E-state index in [0.717, 1.165) is 36.9 Å². The molecular formula is C23H30N2O5. The SMILES string of the molecule is CCc1ccccc1NC(=O)CN(C)C(=O)COC(=O)C1C[C@H]2CCC[C@@H](C1)C2=O. The average Bonchev–Trinajstić information content (AvgIpc) is 2.71. The Bertz CT molecular complexity index is 806. The van der Waals surface area contributed by atoms with Gasteiger partial charge in [-0.15, -0.1) is 0 Å². The quantitative estimate of drug-likeness (QED) is 0.693. The van der Waals surface area contributed by atoms with Crippen LogP contribution in [0.4, 0.5) is 5.69 Å². The van der Waals surface area contributed by atoms with Crippen molar-refractivity contribution in [2.75, 3.05) is 25.5 Å². The summed E-state index contributed by atoms with van der Waals surface area (Å²) in [4.78, 5) is 50.4. The standard InChI is InChI=1S/C23H30N2O5/c1-3-15-7-4-5-10-19(15)24-20(26)13-25(2)21(27)14-30-23(29)18-11-16-8-6-9-17(12-18)22(16)28/h4-5,7,10,16-18H,3,6,8-9,11-14H2,1-2H3,(H,24,26)/t16-,17+,18?. The number of hydrogen-bond acceptors (Lipinski definition) is 5. The maximum Gasteiger partial charge on any atom is 0.309 e. The highest BCUT2D eigenvalue weighted by atomic mass is 16.5. The lowest BCUT2D eigenvalue weighted by Crippen LogP contribution is -2.41. The Kier molecular flexibility index (Phi) is 7.24. The topological polar surface area (TPSA) is 92.8 Å². The Hall–Kier alpha value is -2.70. The van der Waals surface area contributed by atoms with E-state index in [2.05, 4.69) is 5.32 Å². The van der Waals surface area contributed by atoms with Crippen LogP contribution in [0.15, 0.2) is 24.3 Å². The average molecular weight is 415 g/mol. The highest BCUT2D eigenvalue weighted by Gasteiger charge is 2.41. The molecule has 1 unspecified atom stereocenters. The molecule has 2 aliphatic carbocycles. The first-order chi connectivity index (χ1) is 14.4. The highest BCUT2D eigenvalue weighted by molar-refractivity contribution is 5.95. The number of carbonyl (C=O) groups excluding carboxylic acids is 4. The van der Waals surface area contributed by atoms with Crippen LogP contribution in [0.5, 0.6) is 0 Å². The zero-order valence-corrected chi connectivity index (χ0v) is 17.7. The minimum atomic E-state index is -0.436. The van der Waals surface area contributed by atoms with E-state index in [4.69, 9.17) is 4.74 Å². The van der Waals surface area contributed by atoms with Gasteiger partial charge in [0.05, 0.1) is 12.5 Å². The molecule has 1 N–H and O–H groups in total. The molecule has 0 spiro atoms. The zero-order chi connectivity index (χ0) is 21.7. The lowest BCUT2D eigenvalue weighted by atomic mass is 9.67. The van der Waals surface area contributed by atoms with E-state index in [9.17, 15) is 19.2 Å². The fourth-order valence-electron chi connectivity index (χ4n) is 4.48. The second-order valence-electron chi connectivity index (χ2n) is 8.31. The van der Waals surface area contributed by atoms with Crippen molar-refractivity contribution in [3.8, 4) is 0 Å². The van der Waals surface area contributed by atoms with E-state index in [-0.39, 0.29) is 36.0 Å². The number of carbonyl (C=O) groups is 4. The zero-order valence-electron chi connectivity index (χ0n) is 17.7. The molecule has 3 atom stereocenters. The van der Waals surface area contributed by atoms with Crippen LogP contribution in [-0.2, 0) is 30.3 Å². The molecule has 3 rings (SSSR count). The van der Waals surface area contributed by atoms with Crippen LogP contribution in [0.3, 0.4) is 0 Å². The van der Waals surface area contributed by atoms with Gasteiger partial charge < -0.3 is 15.0 Å². The molecule has 0 aliphatic heterocycles. The number of ketones is 1. The minimum absolute atomic E-state index is 0.0388. The molecule has 7 nitrogen and oxygen atoms in total. The van der Waals surface area contributed by atoms with Gasteiger partial charge in [-0.25, -0.2) is 0 Å². The van der Waals surface area contributed by atoms with Crippen LogP contribution in [0.2, 0.25) is 0 Å². The van der Waals surface area contributed by atoms with E-state index >= 15 is 0 Å². The van der Waals surface area contributed by atoms with Crippen molar-refractivity contribution in [3.05, 3.63) is 29.8 Å². The number of ether oxygens (including phenoxy) is 1. The van der Waals surface area contributed by atoms with Gasteiger partial charge in [-0.05, 0) is 43.7 Å². The number of amides is 2. The van der Waals surface area contributed by atoms with Crippen LogP contribution in [-0.4, -0.2) is 48.7 Å². The monoisotopic (exact) mass is 414 g/mol. The van der Waals surface area contributed by atoms with Gasteiger partial charge >= 0.3 is 5.97 Å². The van der Waals surface area contributed by atoms with Gasteiger partial charge in [0.25, 0.3) is 5.91 Å². The van der Waals surface area contributed by atoms with Crippen molar-refractivity contribution in [2.24, 2.45) is 17.8 Å². The lowest BCUT2D eigenvalue weighted by molar-refractivity contribution is -0.158. The smallest absolute Gasteiger partial charge is 0.309 e. The van der Waals surface area contributed by atoms with Gasteiger partial charge in [-0.3, -0.25) is 19.2 Å². The molecule has 0 radical (unpaired) electrons. The third kappa shape index (κ3) is 5.26. The Balaban J connectivity index is 1.44. The summed E-state index contributed by atoms with van der Waals surface area (Å²) in [6.07, 6.45) is 4.57. The number of para-hydroxylation sites is 1. The van der Waals surface area contributed by atoms with Crippen molar-refractivity contribution in [2.45, 2.75) is 45.4 Å². The molecule has 2 bridgehead atoms. The molecule has 1 aromatic carbocycles. The summed E-state index contributed by atoms with van der Waals surface area (Å²) in [6.45, 7) is 1.48. The number of nitrogens with zero attached hydrogens (tertiary/aromatic N) is 1. The van der Waals surface area contributed by atoms with Crippen LogP contribution >= 0.6 is 0 Å². The molecular weight excluding hydrogens is 384 g/mol. The van der Waals surface area contributed by atoms with Crippen molar-refractivity contribution >= 4 is 29.3 Å². The third-order valence-corrected chi connectivity index (χ3v) is 6.20. The fraction of sp³-hybridized carbons (Fsp3) is 0.565. The van der Waals surface area contributed by atoms with Crippen LogP contribution in [0, 0.1) is 17.8 Å². The summed E-state index contributed by atoms with van der Waals surface area (Å²) in [5.41, 5.74) is 1.75. The van der Waals surface area contributed by atoms with Crippen LogP contribution in [0.1, 0.15) is 44.6 Å². The van der Waals surface area contributed by atoms with E-state index in [1.54, 1.807) is 0 Å². The molecule has 1 aromatic rings. The van der Waals surface area contributed by atoms with E-state index in [1.807, 2.05) is 31.2 Å². The Morgan fingerprint density at radius 2 is 1.80 bits per heavy atom. The van der Waals surface area contributed by atoms with E-state index in [1.165, 1.54) is 11.9 Å². The van der Waals surface area contributed by atoms with Crippen molar-refractivity contribution in [3.63, 3.8) is 0 Å². The number of rotatable bonds is 7. The lowest BCUT2D eigenvalue weighted by Gasteiger charge is -2.36. The normalized spacial score (nSPS) is 22.9. The number of esters is 1. The second kappa shape index (κ2) is 9.87. The number of anilines is 1. The fourth-order valence-corrected chi connectivity index (χ4v) is 4.48. The number of benzene rings is 1. The summed E-state index contributed by atoms with van der Waals surface area (Å²) < 4.78 is 5.23. The third-order valence-electron chi connectivity index (χ3n) is 6.20. The maximum absolute atomic E-state index is 12.4. The molecule has 0 aromatic heterocycles. The molecule has 30 heavy (non-hydrogen) atoms. The number of fused-ring (bicyclic) bond motifs is 2. The number of hydrogen-bond donors (Lipinski definition) is 1. The molecule has 2 fully saturated rings. The summed E-state index contributed by atoms with van der Waals surface area (Å²) in [7, 11) is 1.51. The number of likely N-dealkylation sites (N-methyl/N-ethyl adjacent to an activating group) is 1. The molecule has 2 amide bonds. The number of aryl methyl sites for hydroxylation is 1. The Morgan fingerprint density at radius 3 is 2.47 bits per heavy atom. The first-order valence-electron chi connectivity index (χ1n) is 10.7.